The molecule has 0 radical (unpaired) electrons. The number of halogens is 5. The number of piperazine rings is 1. The molecule has 3 rings (SSSR count). The second-order valence-corrected chi connectivity index (χ2v) is 6.71. The number of nitrogens with one attached hydrogen (secondary N) is 1. The Morgan fingerprint density at radius 3 is 2.41 bits per heavy atom. The number of hydrogen-bond acceptors (Lipinski definition) is 6. The van der Waals surface area contributed by atoms with Crippen LogP contribution in [0.3, 0.4) is 0 Å². The van der Waals surface area contributed by atoms with Crippen LogP contribution >= 0.6 is 0 Å². The fourth-order valence-corrected chi connectivity index (χ4v) is 3.04. The highest BCUT2D eigenvalue weighted by atomic mass is 19.4. The molecule has 0 saturated carbocycles. The van der Waals surface area contributed by atoms with Crippen molar-refractivity contribution in [3.05, 3.63) is 47.8 Å². The van der Waals surface area contributed by atoms with E-state index in [-0.39, 0.29) is 25.2 Å². The molecule has 0 aliphatic carbocycles. The molecule has 1 atom stereocenters. The summed E-state index contributed by atoms with van der Waals surface area (Å²) in [5.41, 5.74) is 0.214. The average Bonchev–Trinajstić information content (AvgIpc) is 2.68. The number of benzene rings is 1. The lowest BCUT2D eigenvalue weighted by molar-refractivity contribution is -0.146. The van der Waals surface area contributed by atoms with Crippen LogP contribution in [0.5, 0.6) is 0 Å². The molecule has 1 aliphatic heterocycles. The van der Waals surface area contributed by atoms with Gasteiger partial charge in [-0.1, -0.05) is 6.07 Å². The normalized spacial score (nSPS) is 16.7. The predicted molar refractivity (Wildman–Crippen MR) is 96.5 cm³/mol. The van der Waals surface area contributed by atoms with Crippen LogP contribution in [-0.2, 0) is 0 Å². The van der Waals surface area contributed by atoms with Gasteiger partial charge < -0.3 is 15.3 Å². The van der Waals surface area contributed by atoms with Crippen molar-refractivity contribution >= 4 is 11.6 Å². The molecule has 2 N–H and O–H groups in total. The minimum absolute atomic E-state index is 0.000879. The maximum atomic E-state index is 13.3. The molecule has 2 heterocycles. The van der Waals surface area contributed by atoms with Crippen molar-refractivity contribution in [2.75, 3.05) is 49.5 Å². The highest BCUT2D eigenvalue weighted by Crippen LogP contribution is 2.21. The summed E-state index contributed by atoms with van der Waals surface area (Å²) in [7, 11) is 0. The summed E-state index contributed by atoms with van der Waals surface area (Å²) in [5, 5.41) is 13.0. The maximum Gasteiger partial charge on any atom is 0.401 e. The van der Waals surface area contributed by atoms with Crippen molar-refractivity contribution in [2.24, 2.45) is 0 Å². The first-order chi connectivity index (χ1) is 13.7. The lowest BCUT2D eigenvalue weighted by atomic mass is 10.1. The monoisotopic (exact) mass is 417 g/mol. The zero-order valence-corrected chi connectivity index (χ0v) is 15.3. The molecule has 6 nitrogen and oxygen atoms in total. The quantitative estimate of drug-likeness (QED) is 0.705. The number of aromatic nitrogens is 2. The van der Waals surface area contributed by atoms with Gasteiger partial charge in [0.1, 0.15) is 18.0 Å². The third-order valence-corrected chi connectivity index (χ3v) is 4.56. The number of anilines is 2. The minimum atomic E-state index is -4.22. The number of hydrogen-bond donors (Lipinski definition) is 2. The first-order valence-corrected chi connectivity index (χ1v) is 8.94. The lowest BCUT2D eigenvalue weighted by Crippen LogP contribution is -2.49. The zero-order chi connectivity index (χ0) is 21.0. The molecule has 1 aromatic carbocycles. The zero-order valence-electron chi connectivity index (χ0n) is 15.3. The van der Waals surface area contributed by atoms with Crippen LogP contribution in [0.1, 0.15) is 11.7 Å². The van der Waals surface area contributed by atoms with Crippen LogP contribution in [0.4, 0.5) is 33.6 Å². The Labute approximate surface area is 164 Å². The van der Waals surface area contributed by atoms with Crippen LogP contribution in [0.15, 0.2) is 30.6 Å². The van der Waals surface area contributed by atoms with Gasteiger partial charge in [0.05, 0.1) is 12.6 Å². The Hall–Kier alpha value is -2.53. The summed E-state index contributed by atoms with van der Waals surface area (Å²) in [4.78, 5) is 11.4. The fraction of sp³-hybridized carbons (Fsp3) is 0.444. The summed E-state index contributed by atoms with van der Waals surface area (Å²) < 4.78 is 63.7. The van der Waals surface area contributed by atoms with Crippen molar-refractivity contribution in [1.29, 1.82) is 0 Å². The van der Waals surface area contributed by atoms with Crippen LogP contribution in [0.25, 0.3) is 0 Å². The van der Waals surface area contributed by atoms with Gasteiger partial charge in [-0.2, -0.15) is 13.2 Å². The van der Waals surface area contributed by atoms with Crippen LogP contribution in [0.2, 0.25) is 0 Å². The van der Waals surface area contributed by atoms with E-state index in [4.69, 9.17) is 0 Å². The fourth-order valence-electron chi connectivity index (χ4n) is 3.04. The van der Waals surface area contributed by atoms with Crippen LogP contribution in [0, 0.1) is 11.6 Å². The van der Waals surface area contributed by atoms with Gasteiger partial charge in [-0.3, -0.25) is 4.90 Å². The van der Waals surface area contributed by atoms with Gasteiger partial charge >= 0.3 is 6.18 Å². The molecule has 158 valence electrons. The van der Waals surface area contributed by atoms with Gasteiger partial charge in [0.25, 0.3) is 0 Å². The Bertz CT molecular complexity index is 827. The second kappa shape index (κ2) is 8.87. The van der Waals surface area contributed by atoms with Crippen molar-refractivity contribution in [3.8, 4) is 0 Å². The summed E-state index contributed by atoms with van der Waals surface area (Å²) >= 11 is 0. The number of rotatable bonds is 6. The van der Waals surface area contributed by atoms with Crippen LogP contribution in [-0.4, -0.2) is 65.4 Å². The minimum Gasteiger partial charge on any atom is -0.387 e. The molecule has 1 unspecified atom stereocenters. The Morgan fingerprint density at radius 1 is 1.03 bits per heavy atom. The summed E-state index contributed by atoms with van der Waals surface area (Å²) in [6.07, 6.45) is -4.00. The lowest BCUT2D eigenvalue weighted by Gasteiger charge is -2.35. The Morgan fingerprint density at radius 2 is 1.76 bits per heavy atom. The first kappa shape index (κ1) is 21.2. The molecular formula is C18H20F5N5O. The highest BCUT2D eigenvalue weighted by molar-refractivity contribution is 5.49. The molecule has 1 aromatic heterocycles. The molecule has 1 fully saturated rings. The van der Waals surface area contributed by atoms with E-state index in [1.54, 1.807) is 6.07 Å². The second-order valence-electron chi connectivity index (χ2n) is 6.71. The maximum absolute atomic E-state index is 13.3. The molecule has 11 heteroatoms. The van der Waals surface area contributed by atoms with E-state index in [0.717, 1.165) is 12.1 Å². The van der Waals surface area contributed by atoms with Crippen molar-refractivity contribution in [2.45, 2.75) is 12.3 Å². The molecule has 29 heavy (non-hydrogen) atoms. The van der Waals surface area contributed by atoms with Crippen molar-refractivity contribution in [3.63, 3.8) is 0 Å². The third-order valence-electron chi connectivity index (χ3n) is 4.56. The molecule has 2 aromatic rings. The molecular weight excluding hydrogens is 397 g/mol. The van der Waals surface area contributed by atoms with Gasteiger partial charge in [0.15, 0.2) is 11.6 Å². The van der Waals surface area contributed by atoms with Gasteiger partial charge in [-0.15, -0.1) is 0 Å². The number of nitrogens with zero attached hydrogens (tertiary/aromatic N) is 4. The van der Waals surface area contributed by atoms with Gasteiger partial charge in [-0.25, -0.2) is 18.7 Å². The first-order valence-electron chi connectivity index (χ1n) is 8.94. The summed E-state index contributed by atoms with van der Waals surface area (Å²) in [6, 6.07) is 4.77. The SMILES string of the molecule is OC(CNc1cc(N2CCN(CC(F)(F)F)CC2)ncn1)c1ccc(F)c(F)c1. The highest BCUT2D eigenvalue weighted by Gasteiger charge is 2.32. The van der Waals surface area contributed by atoms with E-state index in [9.17, 15) is 27.1 Å². The Balaban J connectivity index is 1.55. The van der Waals surface area contributed by atoms with E-state index in [1.165, 1.54) is 17.3 Å². The summed E-state index contributed by atoms with van der Waals surface area (Å²) in [6.45, 7) is 0.385. The average molecular weight is 417 g/mol. The van der Waals surface area contributed by atoms with Crippen molar-refractivity contribution in [1.82, 2.24) is 14.9 Å². The molecule has 1 aliphatic rings. The number of alkyl halides is 3. The standard InChI is InChI=1S/C18H20F5N5O/c19-13-2-1-12(7-14(13)20)15(29)9-24-16-8-17(26-11-25-16)28-5-3-27(4-6-28)10-18(21,22)23/h1-2,7-8,11,15,29H,3-6,9-10H2,(H,24,25,26). The third kappa shape index (κ3) is 5.97. The smallest absolute Gasteiger partial charge is 0.387 e. The molecule has 1 saturated heterocycles. The summed E-state index contributed by atoms with van der Waals surface area (Å²) in [5.74, 6) is -1.09. The van der Waals surface area contributed by atoms with Crippen molar-refractivity contribution < 1.29 is 27.1 Å². The Kier molecular flexibility index (Phi) is 6.48. The number of aliphatic hydroxyl groups is 1. The topological polar surface area (TPSA) is 64.5 Å². The van der Waals surface area contributed by atoms with Gasteiger partial charge in [-0.05, 0) is 17.7 Å². The van der Waals surface area contributed by atoms with E-state index in [2.05, 4.69) is 15.3 Å². The van der Waals surface area contributed by atoms with E-state index in [1.807, 2.05) is 4.90 Å². The number of aliphatic hydroxyl groups excluding tert-OH is 1. The van der Waals surface area contributed by atoms with Gasteiger partial charge in [0, 0.05) is 38.8 Å². The molecule has 0 bridgehead atoms. The molecule has 0 spiro atoms. The molecule has 0 amide bonds. The predicted octanol–water partition coefficient (Wildman–Crippen LogP) is 2.58. The van der Waals surface area contributed by atoms with E-state index in [0.29, 0.717) is 24.7 Å². The van der Waals surface area contributed by atoms with E-state index >= 15 is 0 Å². The largest absolute Gasteiger partial charge is 0.401 e. The van der Waals surface area contributed by atoms with E-state index < -0.39 is 30.5 Å². The van der Waals surface area contributed by atoms with Gasteiger partial charge in [0.2, 0.25) is 0 Å². The van der Waals surface area contributed by atoms with Crippen LogP contribution < -0.4 is 10.2 Å².